The van der Waals surface area contributed by atoms with Crippen molar-refractivity contribution in [1.82, 2.24) is 4.90 Å². The molecule has 1 saturated carbocycles. The van der Waals surface area contributed by atoms with E-state index in [4.69, 9.17) is 0 Å². The first-order valence-corrected chi connectivity index (χ1v) is 6.47. The van der Waals surface area contributed by atoms with Gasteiger partial charge >= 0.3 is 5.97 Å². The standard InChI is InChI=1S/C13H25NO2/c1-4-8-14(9-11-6-7-11)10-13(3,5-2)12(15)16/h11H,4-10H2,1-3H3,(H,15,16). The largest absolute Gasteiger partial charge is 0.481 e. The van der Waals surface area contributed by atoms with E-state index in [9.17, 15) is 9.90 Å². The summed E-state index contributed by atoms with van der Waals surface area (Å²) >= 11 is 0. The molecule has 1 atom stereocenters. The van der Waals surface area contributed by atoms with Crippen LogP contribution in [0.25, 0.3) is 0 Å². The van der Waals surface area contributed by atoms with Gasteiger partial charge in [-0.25, -0.2) is 0 Å². The fourth-order valence-corrected chi connectivity index (χ4v) is 2.04. The summed E-state index contributed by atoms with van der Waals surface area (Å²) in [6.07, 6.45) is 4.46. The van der Waals surface area contributed by atoms with E-state index in [-0.39, 0.29) is 0 Å². The Morgan fingerprint density at radius 3 is 2.44 bits per heavy atom. The zero-order valence-corrected chi connectivity index (χ0v) is 10.8. The Morgan fingerprint density at radius 1 is 1.44 bits per heavy atom. The Morgan fingerprint density at radius 2 is 2.06 bits per heavy atom. The fourth-order valence-electron chi connectivity index (χ4n) is 2.04. The van der Waals surface area contributed by atoms with Gasteiger partial charge in [-0.1, -0.05) is 13.8 Å². The van der Waals surface area contributed by atoms with Crippen LogP contribution in [0.4, 0.5) is 0 Å². The Balaban J connectivity index is 2.52. The topological polar surface area (TPSA) is 40.5 Å². The molecule has 0 aromatic carbocycles. The minimum Gasteiger partial charge on any atom is -0.481 e. The van der Waals surface area contributed by atoms with Crippen molar-refractivity contribution in [2.75, 3.05) is 19.6 Å². The van der Waals surface area contributed by atoms with Crippen LogP contribution in [0.2, 0.25) is 0 Å². The van der Waals surface area contributed by atoms with Gasteiger partial charge in [-0.3, -0.25) is 4.79 Å². The summed E-state index contributed by atoms with van der Waals surface area (Å²) in [4.78, 5) is 13.6. The molecule has 1 aliphatic rings. The minimum atomic E-state index is -0.660. The molecule has 94 valence electrons. The van der Waals surface area contributed by atoms with E-state index >= 15 is 0 Å². The van der Waals surface area contributed by atoms with Gasteiger partial charge in [0.1, 0.15) is 0 Å². The van der Waals surface area contributed by atoms with Gasteiger partial charge in [0, 0.05) is 13.1 Å². The maximum atomic E-state index is 11.3. The number of rotatable bonds is 8. The Kier molecular flexibility index (Phi) is 4.78. The fraction of sp³-hybridized carbons (Fsp3) is 0.923. The van der Waals surface area contributed by atoms with Gasteiger partial charge in [0.15, 0.2) is 0 Å². The molecule has 0 aromatic heterocycles. The van der Waals surface area contributed by atoms with Crippen LogP contribution in [-0.2, 0) is 4.79 Å². The van der Waals surface area contributed by atoms with Crippen molar-refractivity contribution in [1.29, 1.82) is 0 Å². The number of hydrogen-bond donors (Lipinski definition) is 1. The highest BCUT2D eigenvalue weighted by atomic mass is 16.4. The summed E-state index contributed by atoms with van der Waals surface area (Å²) < 4.78 is 0. The lowest BCUT2D eigenvalue weighted by Crippen LogP contribution is -2.42. The molecule has 0 heterocycles. The average molecular weight is 227 g/mol. The van der Waals surface area contributed by atoms with Crippen molar-refractivity contribution >= 4 is 5.97 Å². The molecule has 0 amide bonds. The Hall–Kier alpha value is -0.570. The highest BCUT2D eigenvalue weighted by Gasteiger charge is 2.34. The van der Waals surface area contributed by atoms with Gasteiger partial charge in [-0.05, 0) is 45.1 Å². The SMILES string of the molecule is CCCN(CC1CC1)CC(C)(CC)C(=O)O. The maximum Gasteiger partial charge on any atom is 0.310 e. The van der Waals surface area contributed by atoms with Gasteiger partial charge in [0.25, 0.3) is 0 Å². The Labute approximate surface area is 98.8 Å². The van der Waals surface area contributed by atoms with Gasteiger partial charge < -0.3 is 10.0 Å². The summed E-state index contributed by atoms with van der Waals surface area (Å²) in [7, 11) is 0. The van der Waals surface area contributed by atoms with Gasteiger partial charge in [0.2, 0.25) is 0 Å². The van der Waals surface area contributed by atoms with E-state index in [0.717, 1.165) is 25.4 Å². The molecule has 1 aliphatic carbocycles. The van der Waals surface area contributed by atoms with E-state index < -0.39 is 11.4 Å². The molecule has 0 saturated heterocycles. The number of aliphatic carboxylic acids is 1. The molecule has 3 heteroatoms. The third-order valence-corrected chi connectivity index (χ3v) is 3.62. The lowest BCUT2D eigenvalue weighted by molar-refractivity contribution is -0.149. The van der Waals surface area contributed by atoms with E-state index in [1.807, 2.05) is 13.8 Å². The second-order valence-electron chi connectivity index (χ2n) is 5.40. The predicted octanol–water partition coefficient (Wildman–Crippen LogP) is 2.61. The molecule has 0 radical (unpaired) electrons. The van der Waals surface area contributed by atoms with Crippen molar-refractivity contribution in [2.24, 2.45) is 11.3 Å². The lowest BCUT2D eigenvalue weighted by atomic mass is 9.87. The van der Waals surface area contributed by atoms with Crippen LogP contribution in [0, 0.1) is 11.3 Å². The molecule has 1 unspecified atom stereocenters. The Bertz CT molecular complexity index is 238. The quantitative estimate of drug-likeness (QED) is 0.693. The molecular weight excluding hydrogens is 202 g/mol. The van der Waals surface area contributed by atoms with Gasteiger partial charge in [-0.2, -0.15) is 0 Å². The van der Waals surface area contributed by atoms with Crippen LogP contribution in [0.15, 0.2) is 0 Å². The van der Waals surface area contributed by atoms with Crippen molar-refractivity contribution in [3.8, 4) is 0 Å². The summed E-state index contributed by atoms with van der Waals surface area (Å²) in [5, 5.41) is 9.27. The molecule has 1 fully saturated rings. The third-order valence-electron chi connectivity index (χ3n) is 3.62. The maximum absolute atomic E-state index is 11.3. The van der Waals surface area contributed by atoms with Crippen LogP contribution in [0.1, 0.15) is 46.5 Å². The molecular formula is C13H25NO2. The first-order valence-electron chi connectivity index (χ1n) is 6.47. The summed E-state index contributed by atoms with van der Waals surface area (Å²) in [6, 6.07) is 0. The predicted molar refractivity (Wildman–Crippen MR) is 65.5 cm³/mol. The monoisotopic (exact) mass is 227 g/mol. The minimum absolute atomic E-state index is 0.579. The highest BCUT2D eigenvalue weighted by molar-refractivity contribution is 5.74. The molecule has 0 aliphatic heterocycles. The number of carboxylic acids is 1. The number of carbonyl (C=O) groups is 1. The highest BCUT2D eigenvalue weighted by Crippen LogP contribution is 2.31. The first kappa shape index (κ1) is 13.5. The third kappa shape index (κ3) is 3.78. The van der Waals surface area contributed by atoms with Crippen molar-refractivity contribution < 1.29 is 9.90 Å². The average Bonchev–Trinajstić information content (AvgIpc) is 3.01. The lowest BCUT2D eigenvalue weighted by Gasteiger charge is -2.31. The van der Waals surface area contributed by atoms with Crippen LogP contribution >= 0.6 is 0 Å². The van der Waals surface area contributed by atoms with Crippen LogP contribution < -0.4 is 0 Å². The molecule has 0 aromatic rings. The second-order valence-corrected chi connectivity index (χ2v) is 5.40. The van der Waals surface area contributed by atoms with E-state index in [1.54, 1.807) is 0 Å². The van der Waals surface area contributed by atoms with E-state index in [0.29, 0.717) is 13.0 Å². The normalized spacial score (nSPS) is 19.8. The van der Waals surface area contributed by atoms with Crippen LogP contribution in [0.3, 0.4) is 0 Å². The van der Waals surface area contributed by atoms with E-state index in [2.05, 4.69) is 11.8 Å². The first-order chi connectivity index (χ1) is 7.51. The van der Waals surface area contributed by atoms with E-state index in [1.165, 1.54) is 12.8 Å². The summed E-state index contributed by atoms with van der Waals surface area (Å²) in [5.74, 6) is 0.174. The number of carboxylic acid groups (broad SMARTS) is 1. The molecule has 1 rings (SSSR count). The molecule has 3 nitrogen and oxygen atoms in total. The zero-order valence-electron chi connectivity index (χ0n) is 10.8. The van der Waals surface area contributed by atoms with Gasteiger partial charge in [-0.15, -0.1) is 0 Å². The molecule has 1 N–H and O–H groups in total. The molecule has 16 heavy (non-hydrogen) atoms. The molecule has 0 bridgehead atoms. The molecule has 0 spiro atoms. The number of hydrogen-bond acceptors (Lipinski definition) is 2. The van der Waals surface area contributed by atoms with Gasteiger partial charge in [0.05, 0.1) is 5.41 Å². The van der Waals surface area contributed by atoms with Crippen LogP contribution in [0.5, 0.6) is 0 Å². The number of nitrogens with zero attached hydrogens (tertiary/aromatic N) is 1. The summed E-state index contributed by atoms with van der Waals surface area (Å²) in [5.41, 5.74) is -0.579. The van der Waals surface area contributed by atoms with Crippen molar-refractivity contribution in [3.63, 3.8) is 0 Å². The van der Waals surface area contributed by atoms with Crippen molar-refractivity contribution in [2.45, 2.75) is 46.5 Å². The zero-order chi connectivity index (χ0) is 12.2. The second kappa shape index (κ2) is 5.67. The van der Waals surface area contributed by atoms with Crippen molar-refractivity contribution in [3.05, 3.63) is 0 Å². The smallest absolute Gasteiger partial charge is 0.310 e. The summed E-state index contributed by atoms with van der Waals surface area (Å²) in [6.45, 7) is 8.81. The van der Waals surface area contributed by atoms with Crippen LogP contribution in [-0.4, -0.2) is 35.6 Å².